The maximum atomic E-state index is 13.2. The number of aliphatic hydroxyl groups is 1. The lowest BCUT2D eigenvalue weighted by molar-refractivity contribution is -0.384. The second-order valence-corrected chi connectivity index (χ2v) is 11.9. The molecular weight excluding hydrogens is 584 g/mol. The SMILES string of the molecule is CCCCCCCCCCCCCCCCN1C(=O)C(=O)/C(=C(/O)c2ccc([N+](=O)[O-])cc2)[C@@H]1c1ccc(Br)cc1. The van der Waals surface area contributed by atoms with Gasteiger partial charge < -0.3 is 10.0 Å². The topological polar surface area (TPSA) is 101 Å². The Morgan fingerprint density at radius 3 is 1.78 bits per heavy atom. The number of non-ortho nitro benzene ring substituents is 1. The monoisotopic (exact) mass is 626 g/mol. The van der Waals surface area contributed by atoms with Crippen LogP contribution in [-0.2, 0) is 9.59 Å². The van der Waals surface area contributed by atoms with Crippen molar-refractivity contribution in [2.24, 2.45) is 0 Å². The van der Waals surface area contributed by atoms with Crippen LogP contribution in [0.1, 0.15) is 114 Å². The van der Waals surface area contributed by atoms with E-state index in [-0.39, 0.29) is 22.6 Å². The third kappa shape index (κ3) is 9.52. The minimum atomic E-state index is -0.737. The third-order valence-corrected chi connectivity index (χ3v) is 8.36. The van der Waals surface area contributed by atoms with Crippen molar-refractivity contribution >= 4 is 39.1 Å². The highest BCUT2D eigenvalue weighted by molar-refractivity contribution is 9.10. The highest BCUT2D eigenvalue weighted by atomic mass is 79.9. The molecular formula is C33H43BrN2O5. The summed E-state index contributed by atoms with van der Waals surface area (Å²) >= 11 is 3.43. The van der Waals surface area contributed by atoms with Gasteiger partial charge in [-0.1, -0.05) is 118 Å². The van der Waals surface area contributed by atoms with Crippen molar-refractivity contribution in [3.63, 3.8) is 0 Å². The van der Waals surface area contributed by atoms with Gasteiger partial charge in [-0.2, -0.15) is 0 Å². The predicted molar refractivity (Wildman–Crippen MR) is 167 cm³/mol. The maximum absolute atomic E-state index is 13.2. The number of nitro groups is 1. The number of amides is 1. The lowest BCUT2D eigenvalue weighted by Gasteiger charge is -2.25. The fourth-order valence-electron chi connectivity index (χ4n) is 5.48. The summed E-state index contributed by atoms with van der Waals surface area (Å²) < 4.78 is 0.862. The van der Waals surface area contributed by atoms with Crippen LogP contribution in [-0.4, -0.2) is 33.2 Å². The van der Waals surface area contributed by atoms with Crippen LogP contribution in [0.25, 0.3) is 5.76 Å². The summed E-state index contributed by atoms with van der Waals surface area (Å²) in [6, 6.07) is 12.0. The average Bonchev–Trinajstić information content (AvgIpc) is 3.22. The lowest BCUT2D eigenvalue weighted by Crippen LogP contribution is -2.30. The Kier molecular flexibility index (Phi) is 13.5. The number of halogens is 1. The summed E-state index contributed by atoms with van der Waals surface area (Å²) in [7, 11) is 0. The number of hydrogen-bond acceptors (Lipinski definition) is 5. The number of rotatable bonds is 18. The standard InChI is InChI=1S/C33H43BrN2O5/c1-2-3-4-5-6-7-8-9-10-11-12-13-14-15-24-35-30(25-16-20-27(34)21-17-25)29(32(38)33(35)39)31(37)26-18-22-28(23-19-26)36(40)41/h16-23,30,37H,2-15,24H2,1H3/b31-29+/t30-/m0/s1. The van der Waals surface area contributed by atoms with Crippen LogP contribution in [0.4, 0.5) is 5.69 Å². The van der Waals surface area contributed by atoms with E-state index in [4.69, 9.17) is 0 Å². The fourth-order valence-corrected chi connectivity index (χ4v) is 5.74. The van der Waals surface area contributed by atoms with Gasteiger partial charge in [0.25, 0.3) is 17.4 Å². The van der Waals surface area contributed by atoms with Gasteiger partial charge in [0.2, 0.25) is 0 Å². The number of benzene rings is 2. The number of aliphatic hydroxyl groups excluding tert-OH is 1. The number of hydrogen-bond donors (Lipinski definition) is 1. The van der Waals surface area contributed by atoms with E-state index in [2.05, 4.69) is 22.9 Å². The number of ketones is 1. The molecule has 1 aliphatic heterocycles. The molecule has 2 aromatic carbocycles. The molecule has 0 radical (unpaired) electrons. The molecule has 41 heavy (non-hydrogen) atoms. The Morgan fingerprint density at radius 1 is 0.805 bits per heavy atom. The smallest absolute Gasteiger partial charge is 0.295 e. The summed E-state index contributed by atoms with van der Waals surface area (Å²) in [5, 5.41) is 22.2. The molecule has 1 saturated heterocycles. The molecule has 2 aromatic rings. The zero-order valence-electron chi connectivity index (χ0n) is 24.2. The third-order valence-electron chi connectivity index (χ3n) is 7.83. The van der Waals surface area contributed by atoms with E-state index in [1.165, 1.54) is 94.9 Å². The molecule has 1 amide bonds. The van der Waals surface area contributed by atoms with E-state index in [9.17, 15) is 24.8 Å². The van der Waals surface area contributed by atoms with Crippen molar-refractivity contribution in [1.29, 1.82) is 0 Å². The van der Waals surface area contributed by atoms with Crippen LogP contribution in [0, 0.1) is 10.1 Å². The van der Waals surface area contributed by atoms with E-state index in [1.807, 2.05) is 24.3 Å². The van der Waals surface area contributed by atoms with Crippen molar-refractivity contribution in [3.05, 3.63) is 79.8 Å². The number of carbonyl (C=O) groups is 2. The molecule has 0 aliphatic carbocycles. The summed E-state index contributed by atoms with van der Waals surface area (Å²) in [6.45, 7) is 2.67. The molecule has 1 atom stereocenters. The van der Waals surface area contributed by atoms with Crippen molar-refractivity contribution in [3.8, 4) is 0 Å². The van der Waals surface area contributed by atoms with Gasteiger partial charge >= 0.3 is 0 Å². The molecule has 0 unspecified atom stereocenters. The molecule has 3 rings (SSSR count). The Hall–Kier alpha value is -3.00. The normalized spacial score (nSPS) is 16.4. The number of unbranched alkanes of at least 4 members (excludes halogenated alkanes) is 13. The Morgan fingerprint density at radius 2 is 1.29 bits per heavy atom. The predicted octanol–water partition coefficient (Wildman–Crippen LogP) is 9.26. The molecule has 0 saturated carbocycles. The highest BCUT2D eigenvalue weighted by Gasteiger charge is 2.45. The quantitative estimate of drug-likeness (QED) is 0.0443. The average molecular weight is 628 g/mol. The van der Waals surface area contributed by atoms with E-state index in [0.717, 1.165) is 29.3 Å². The number of carbonyl (C=O) groups excluding carboxylic acids is 2. The van der Waals surface area contributed by atoms with Crippen LogP contribution >= 0.6 is 15.9 Å². The van der Waals surface area contributed by atoms with E-state index in [0.29, 0.717) is 6.54 Å². The first-order chi connectivity index (χ1) is 19.8. The first kappa shape index (κ1) is 32.5. The Balaban J connectivity index is 1.56. The van der Waals surface area contributed by atoms with Crippen molar-refractivity contribution < 1.29 is 19.6 Å². The molecule has 8 heteroatoms. The number of nitrogens with zero attached hydrogens (tertiary/aromatic N) is 2. The van der Waals surface area contributed by atoms with Gasteiger partial charge in [0.1, 0.15) is 5.76 Å². The van der Waals surface area contributed by atoms with Crippen molar-refractivity contribution in [1.82, 2.24) is 4.90 Å². The first-order valence-corrected chi connectivity index (χ1v) is 15.9. The van der Waals surface area contributed by atoms with Crippen LogP contribution in [0.15, 0.2) is 58.6 Å². The van der Waals surface area contributed by atoms with Crippen LogP contribution < -0.4 is 0 Å². The lowest BCUT2D eigenvalue weighted by atomic mass is 9.95. The van der Waals surface area contributed by atoms with Crippen LogP contribution in [0.5, 0.6) is 0 Å². The van der Waals surface area contributed by atoms with Crippen molar-refractivity contribution in [2.75, 3.05) is 6.54 Å². The number of likely N-dealkylation sites (tertiary alicyclic amines) is 1. The fraction of sp³-hybridized carbons (Fsp3) is 0.515. The molecule has 0 bridgehead atoms. The molecule has 0 aromatic heterocycles. The summed E-state index contributed by atoms with van der Waals surface area (Å²) in [5.41, 5.74) is 0.870. The molecule has 1 fully saturated rings. The highest BCUT2D eigenvalue weighted by Crippen LogP contribution is 2.40. The zero-order chi connectivity index (χ0) is 29.6. The van der Waals surface area contributed by atoms with Gasteiger partial charge in [-0.25, -0.2) is 0 Å². The van der Waals surface area contributed by atoms with Crippen molar-refractivity contribution in [2.45, 2.75) is 103 Å². The largest absolute Gasteiger partial charge is 0.507 e. The van der Waals surface area contributed by atoms with Gasteiger partial charge in [0.05, 0.1) is 16.5 Å². The number of Topliss-reactive ketones (excluding diaryl/α,β-unsaturated/α-hetero) is 1. The molecule has 7 nitrogen and oxygen atoms in total. The number of nitro benzene ring substituents is 1. The van der Waals surface area contributed by atoms with Gasteiger partial charge in [0.15, 0.2) is 0 Å². The maximum Gasteiger partial charge on any atom is 0.295 e. The molecule has 0 spiro atoms. The summed E-state index contributed by atoms with van der Waals surface area (Å²) in [4.78, 5) is 38.4. The minimum absolute atomic E-state index is 0.0107. The first-order valence-electron chi connectivity index (χ1n) is 15.1. The Bertz CT molecular complexity index is 1180. The second-order valence-electron chi connectivity index (χ2n) is 10.9. The zero-order valence-corrected chi connectivity index (χ0v) is 25.7. The molecule has 1 N–H and O–H groups in total. The summed E-state index contributed by atoms with van der Waals surface area (Å²) in [5.74, 6) is -1.69. The van der Waals surface area contributed by atoms with Gasteiger partial charge in [-0.05, 0) is 36.2 Å². The van der Waals surface area contributed by atoms with E-state index in [1.54, 1.807) is 4.90 Å². The Labute approximate surface area is 252 Å². The van der Waals surface area contributed by atoms with Gasteiger partial charge in [-0.3, -0.25) is 19.7 Å². The van der Waals surface area contributed by atoms with E-state index >= 15 is 0 Å². The molecule has 1 aliphatic rings. The molecule has 1 heterocycles. The van der Waals surface area contributed by atoms with Crippen LogP contribution in [0.2, 0.25) is 0 Å². The second kappa shape index (κ2) is 17.1. The van der Waals surface area contributed by atoms with Crippen LogP contribution in [0.3, 0.4) is 0 Å². The van der Waals surface area contributed by atoms with Gasteiger partial charge in [0, 0.05) is 28.7 Å². The van der Waals surface area contributed by atoms with Gasteiger partial charge in [-0.15, -0.1) is 0 Å². The minimum Gasteiger partial charge on any atom is -0.507 e. The molecule has 222 valence electrons. The van der Waals surface area contributed by atoms with E-state index < -0.39 is 22.7 Å². The summed E-state index contributed by atoms with van der Waals surface area (Å²) in [6.07, 6.45) is 17.3.